The predicted octanol–water partition coefficient (Wildman–Crippen LogP) is 4.23. The summed E-state index contributed by atoms with van der Waals surface area (Å²) in [5.74, 6) is 0. The average Bonchev–Trinajstić information content (AvgIpc) is 2.64. The molecule has 0 spiro atoms. The predicted molar refractivity (Wildman–Crippen MR) is 75.3 cm³/mol. The van der Waals surface area contributed by atoms with Gasteiger partial charge in [0.1, 0.15) is 16.2 Å². The van der Waals surface area contributed by atoms with Gasteiger partial charge < -0.3 is 4.74 Å². The van der Waals surface area contributed by atoms with Crippen LogP contribution in [0.3, 0.4) is 0 Å². The highest BCUT2D eigenvalue weighted by molar-refractivity contribution is 9.09. The molecule has 0 N–H and O–H groups in total. The van der Waals surface area contributed by atoms with E-state index in [0.29, 0.717) is 12.2 Å². The summed E-state index contributed by atoms with van der Waals surface area (Å²) >= 11 is 3.46. The Morgan fingerprint density at radius 1 is 1.47 bits per heavy atom. The summed E-state index contributed by atoms with van der Waals surface area (Å²) in [4.78, 5) is 23.9. The SMILES string of the molecule is CC(C)(C)OC(=O)N1Cc2ccc(N=O)cc2C1Br. The van der Waals surface area contributed by atoms with Gasteiger partial charge in [-0.2, -0.15) is 0 Å². The highest BCUT2D eigenvalue weighted by Gasteiger charge is 2.34. The van der Waals surface area contributed by atoms with E-state index in [0.717, 1.165) is 11.1 Å². The van der Waals surface area contributed by atoms with Crippen molar-refractivity contribution >= 4 is 27.7 Å². The van der Waals surface area contributed by atoms with Gasteiger partial charge >= 0.3 is 6.09 Å². The molecule has 1 atom stereocenters. The molecule has 2 rings (SSSR count). The topological polar surface area (TPSA) is 59.0 Å². The molecule has 0 saturated carbocycles. The van der Waals surface area contributed by atoms with Crippen molar-refractivity contribution in [3.63, 3.8) is 0 Å². The molecule has 0 fully saturated rings. The van der Waals surface area contributed by atoms with Gasteiger partial charge in [-0.25, -0.2) is 4.79 Å². The normalized spacial score (nSPS) is 18.1. The Morgan fingerprint density at radius 3 is 2.74 bits per heavy atom. The lowest BCUT2D eigenvalue weighted by molar-refractivity contribution is 0.0239. The van der Waals surface area contributed by atoms with E-state index in [1.807, 2.05) is 26.8 Å². The van der Waals surface area contributed by atoms with E-state index >= 15 is 0 Å². The Morgan fingerprint density at radius 2 is 2.16 bits per heavy atom. The van der Waals surface area contributed by atoms with E-state index in [4.69, 9.17) is 4.74 Å². The van der Waals surface area contributed by atoms with Crippen LogP contribution in [0.1, 0.15) is 36.8 Å². The van der Waals surface area contributed by atoms with Crippen LogP contribution in [0.2, 0.25) is 0 Å². The molecule has 0 bridgehead atoms. The summed E-state index contributed by atoms with van der Waals surface area (Å²) in [6.07, 6.45) is -0.383. The van der Waals surface area contributed by atoms with Crippen molar-refractivity contribution in [1.29, 1.82) is 0 Å². The maximum absolute atomic E-state index is 12.1. The first-order valence-electron chi connectivity index (χ1n) is 5.92. The zero-order chi connectivity index (χ0) is 14.2. The second kappa shape index (κ2) is 4.92. The third kappa shape index (κ3) is 2.94. The van der Waals surface area contributed by atoms with Crippen LogP contribution in [0.5, 0.6) is 0 Å². The van der Waals surface area contributed by atoms with Crippen LogP contribution in [0.4, 0.5) is 10.5 Å². The van der Waals surface area contributed by atoms with E-state index in [-0.39, 0.29) is 11.0 Å². The molecule has 6 heteroatoms. The van der Waals surface area contributed by atoms with Gasteiger partial charge in [-0.05, 0) is 49.2 Å². The first-order valence-corrected chi connectivity index (χ1v) is 6.83. The minimum absolute atomic E-state index is 0.293. The molecule has 1 aliphatic rings. The minimum atomic E-state index is -0.534. The van der Waals surface area contributed by atoms with Crippen molar-refractivity contribution in [2.24, 2.45) is 5.18 Å². The van der Waals surface area contributed by atoms with Crippen LogP contribution in [0.15, 0.2) is 23.4 Å². The summed E-state index contributed by atoms with van der Waals surface area (Å²) in [6, 6.07) is 5.14. The number of nitroso groups, excluding NO2 is 1. The summed E-state index contributed by atoms with van der Waals surface area (Å²) in [5.41, 5.74) is 1.69. The Balaban J connectivity index is 2.21. The van der Waals surface area contributed by atoms with Crippen molar-refractivity contribution in [3.05, 3.63) is 34.2 Å². The number of alkyl halides is 1. The third-order valence-electron chi connectivity index (χ3n) is 2.73. The molecule has 1 amide bonds. The van der Waals surface area contributed by atoms with E-state index in [1.54, 1.807) is 17.0 Å². The number of hydrogen-bond acceptors (Lipinski definition) is 4. The van der Waals surface area contributed by atoms with Gasteiger partial charge in [0.15, 0.2) is 0 Å². The van der Waals surface area contributed by atoms with Crippen molar-refractivity contribution in [2.45, 2.75) is 37.9 Å². The van der Waals surface area contributed by atoms with Gasteiger partial charge in [-0.1, -0.05) is 22.0 Å². The van der Waals surface area contributed by atoms with E-state index in [2.05, 4.69) is 21.1 Å². The zero-order valence-electron chi connectivity index (χ0n) is 11.0. The molecule has 5 nitrogen and oxygen atoms in total. The number of carbonyl (C=O) groups is 1. The molecule has 1 heterocycles. The van der Waals surface area contributed by atoms with Gasteiger partial charge in [-0.3, -0.25) is 4.90 Å². The van der Waals surface area contributed by atoms with E-state index in [9.17, 15) is 9.70 Å². The van der Waals surface area contributed by atoms with Crippen molar-refractivity contribution < 1.29 is 9.53 Å². The third-order valence-corrected chi connectivity index (χ3v) is 3.72. The highest BCUT2D eigenvalue weighted by atomic mass is 79.9. The first-order chi connectivity index (χ1) is 8.81. The molecule has 102 valence electrons. The number of ether oxygens (including phenoxy) is 1. The zero-order valence-corrected chi connectivity index (χ0v) is 12.6. The number of benzene rings is 1. The summed E-state index contributed by atoms with van der Waals surface area (Å²) in [6.45, 7) is 5.93. The number of amides is 1. The molecular weight excluding hydrogens is 312 g/mol. The van der Waals surface area contributed by atoms with Crippen LogP contribution < -0.4 is 0 Å². The number of rotatable bonds is 1. The molecule has 0 aromatic heterocycles. The van der Waals surface area contributed by atoms with Crippen LogP contribution in [-0.4, -0.2) is 16.6 Å². The van der Waals surface area contributed by atoms with E-state index < -0.39 is 5.60 Å². The lowest BCUT2D eigenvalue weighted by atomic mass is 10.1. The molecule has 0 aliphatic carbocycles. The monoisotopic (exact) mass is 326 g/mol. The first kappa shape index (κ1) is 14.0. The number of halogens is 1. The molecule has 1 unspecified atom stereocenters. The van der Waals surface area contributed by atoms with Crippen LogP contribution in [0, 0.1) is 4.91 Å². The maximum atomic E-state index is 12.1. The smallest absolute Gasteiger partial charge is 0.411 e. The van der Waals surface area contributed by atoms with Crippen molar-refractivity contribution in [2.75, 3.05) is 0 Å². The number of carbonyl (C=O) groups excluding carboxylic acids is 1. The van der Waals surface area contributed by atoms with Gasteiger partial charge in [0.2, 0.25) is 0 Å². The quantitative estimate of drug-likeness (QED) is 0.441. The minimum Gasteiger partial charge on any atom is -0.444 e. The molecule has 19 heavy (non-hydrogen) atoms. The second-order valence-electron chi connectivity index (χ2n) is 5.42. The second-order valence-corrected chi connectivity index (χ2v) is 6.29. The lowest BCUT2D eigenvalue weighted by Gasteiger charge is -2.26. The van der Waals surface area contributed by atoms with Crippen LogP contribution in [-0.2, 0) is 11.3 Å². The van der Waals surface area contributed by atoms with Crippen molar-refractivity contribution in [3.8, 4) is 0 Å². The lowest BCUT2D eigenvalue weighted by Crippen LogP contribution is -2.34. The molecule has 1 aliphatic heterocycles. The fraction of sp³-hybridized carbons (Fsp3) is 0.462. The van der Waals surface area contributed by atoms with Crippen molar-refractivity contribution in [1.82, 2.24) is 4.90 Å². The molecule has 1 aromatic carbocycles. The highest BCUT2D eigenvalue weighted by Crippen LogP contribution is 2.40. The summed E-state index contributed by atoms with van der Waals surface area (Å²) < 4.78 is 5.35. The molecule has 1 aromatic rings. The molecule has 0 radical (unpaired) electrons. The fourth-order valence-electron chi connectivity index (χ4n) is 1.91. The van der Waals surface area contributed by atoms with E-state index in [1.165, 1.54) is 0 Å². The Bertz CT molecular complexity index is 525. The van der Waals surface area contributed by atoms with Gasteiger partial charge in [-0.15, -0.1) is 4.91 Å². The largest absolute Gasteiger partial charge is 0.444 e. The molecular formula is C13H15BrN2O3. The van der Waals surface area contributed by atoms with Crippen LogP contribution in [0.25, 0.3) is 0 Å². The number of fused-ring (bicyclic) bond motifs is 1. The molecule has 0 saturated heterocycles. The summed E-state index contributed by atoms with van der Waals surface area (Å²) in [5, 5.41) is 2.91. The summed E-state index contributed by atoms with van der Waals surface area (Å²) in [7, 11) is 0. The average molecular weight is 327 g/mol. The Labute approximate surface area is 120 Å². The fourth-order valence-corrected chi connectivity index (χ4v) is 2.65. The van der Waals surface area contributed by atoms with Crippen LogP contribution >= 0.6 is 15.9 Å². The number of nitrogens with zero attached hydrogens (tertiary/aromatic N) is 2. The van der Waals surface area contributed by atoms with Gasteiger partial charge in [0.25, 0.3) is 0 Å². The van der Waals surface area contributed by atoms with Gasteiger partial charge in [0, 0.05) is 0 Å². The number of hydrogen-bond donors (Lipinski definition) is 0. The van der Waals surface area contributed by atoms with Gasteiger partial charge in [0.05, 0.1) is 6.54 Å². The Kier molecular flexibility index (Phi) is 3.62. The Hall–Kier alpha value is -1.43. The maximum Gasteiger partial charge on any atom is 0.411 e. The standard InChI is InChI=1S/C13H15BrN2O3/c1-13(2,3)19-12(17)16-7-8-4-5-9(15-18)6-10(8)11(16)14/h4-6,11H,7H2,1-3H3.